The molecule has 6 nitrogen and oxygen atoms in total. The molecule has 0 aliphatic heterocycles. The maximum Gasteiger partial charge on any atom is 0.407 e. The van der Waals surface area contributed by atoms with Crippen LogP contribution < -0.4 is 10.1 Å². The molecule has 7 heteroatoms. The molecule has 128 valence electrons. The molecule has 1 unspecified atom stereocenters. The molecule has 0 fully saturated rings. The monoisotopic (exact) mass is 343 g/mol. The summed E-state index contributed by atoms with van der Waals surface area (Å²) in [6, 6.07) is 6.34. The number of aliphatic carboxylic acids is 1. The van der Waals surface area contributed by atoms with Gasteiger partial charge in [-0.05, 0) is 51.5 Å². The van der Waals surface area contributed by atoms with Gasteiger partial charge in [-0.1, -0.05) is 18.5 Å². The maximum atomic E-state index is 11.7. The van der Waals surface area contributed by atoms with Crippen molar-refractivity contribution in [1.29, 1.82) is 0 Å². The Morgan fingerprint density at radius 2 is 1.78 bits per heavy atom. The third-order valence-electron chi connectivity index (χ3n) is 3.00. The molecule has 1 aromatic carbocycles. The number of hydrogen-bond acceptors (Lipinski definition) is 4. The van der Waals surface area contributed by atoms with E-state index < -0.39 is 23.3 Å². The lowest BCUT2D eigenvalue weighted by molar-refractivity contribution is -0.155. The number of hydrogen-bond donors (Lipinski definition) is 2. The fourth-order valence-corrected chi connectivity index (χ4v) is 1.89. The van der Waals surface area contributed by atoms with Crippen LogP contribution in [-0.4, -0.2) is 34.9 Å². The van der Waals surface area contributed by atoms with Crippen LogP contribution in [0.1, 0.15) is 34.1 Å². The highest BCUT2D eigenvalue weighted by Gasteiger charge is 2.40. The number of nitrogens with one attached hydrogen (secondary N) is 1. The average molecular weight is 344 g/mol. The third-order valence-corrected chi connectivity index (χ3v) is 3.26. The molecule has 0 aromatic heterocycles. The van der Waals surface area contributed by atoms with Gasteiger partial charge in [0.1, 0.15) is 11.4 Å². The molecule has 0 bridgehead atoms. The van der Waals surface area contributed by atoms with Gasteiger partial charge in [0.2, 0.25) is 5.60 Å². The number of carbonyl (C=O) groups excluding carboxylic acids is 1. The lowest BCUT2D eigenvalue weighted by Crippen LogP contribution is -2.53. The van der Waals surface area contributed by atoms with Gasteiger partial charge in [-0.3, -0.25) is 0 Å². The van der Waals surface area contributed by atoms with Gasteiger partial charge in [0.25, 0.3) is 0 Å². The number of carbonyl (C=O) groups is 2. The average Bonchev–Trinajstić information content (AvgIpc) is 2.43. The lowest BCUT2D eigenvalue weighted by Gasteiger charge is -2.30. The van der Waals surface area contributed by atoms with Gasteiger partial charge in [0.05, 0.1) is 6.54 Å². The first-order chi connectivity index (χ1) is 10.6. The van der Waals surface area contributed by atoms with E-state index in [1.807, 2.05) is 0 Å². The minimum atomic E-state index is -1.59. The number of alkyl carbamates (subject to hydrolysis) is 1. The molecule has 1 amide bonds. The molecule has 1 atom stereocenters. The van der Waals surface area contributed by atoms with Gasteiger partial charge in [0.15, 0.2) is 0 Å². The van der Waals surface area contributed by atoms with Crippen LogP contribution in [0.5, 0.6) is 5.75 Å². The van der Waals surface area contributed by atoms with Crippen molar-refractivity contribution < 1.29 is 24.2 Å². The lowest BCUT2D eigenvalue weighted by atomic mass is 10.0. The number of carboxylic acid groups (broad SMARTS) is 1. The number of rotatable bonds is 6. The Kier molecular flexibility index (Phi) is 6.27. The number of amides is 1. The van der Waals surface area contributed by atoms with Crippen molar-refractivity contribution in [3.05, 3.63) is 29.3 Å². The van der Waals surface area contributed by atoms with Gasteiger partial charge in [-0.25, -0.2) is 9.59 Å². The normalized spacial score (nSPS) is 13.8. The van der Waals surface area contributed by atoms with E-state index in [2.05, 4.69) is 5.32 Å². The van der Waals surface area contributed by atoms with E-state index >= 15 is 0 Å². The van der Waals surface area contributed by atoms with Crippen molar-refractivity contribution in [3.8, 4) is 5.75 Å². The zero-order valence-electron chi connectivity index (χ0n) is 13.7. The highest BCUT2D eigenvalue weighted by Crippen LogP contribution is 2.23. The zero-order valence-corrected chi connectivity index (χ0v) is 14.4. The summed E-state index contributed by atoms with van der Waals surface area (Å²) in [4.78, 5) is 23.4. The molecule has 0 heterocycles. The van der Waals surface area contributed by atoms with Crippen LogP contribution in [0, 0.1) is 0 Å². The summed E-state index contributed by atoms with van der Waals surface area (Å²) >= 11 is 5.80. The standard InChI is InChI=1S/C16H22ClNO5/c1-5-16(13(19)20,10-18-14(21)23-15(2,3)4)22-12-8-6-11(17)7-9-12/h6-9H,5,10H2,1-4H3,(H,18,21)(H,19,20). The van der Waals surface area contributed by atoms with E-state index in [0.29, 0.717) is 10.8 Å². The summed E-state index contributed by atoms with van der Waals surface area (Å²) in [6.45, 7) is 6.61. The van der Waals surface area contributed by atoms with Gasteiger partial charge < -0.3 is 19.9 Å². The first kappa shape index (κ1) is 19.1. The van der Waals surface area contributed by atoms with E-state index in [1.54, 1.807) is 52.0 Å². The van der Waals surface area contributed by atoms with E-state index in [4.69, 9.17) is 21.1 Å². The highest BCUT2D eigenvalue weighted by molar-refractivity contribution is 6.30. The molecule has 0 aliphatic rings. The Hall–Kier alpha value is -1.95. The first-order valence-corrected chi connectivity index (χ1v) is 7.60. The Morgan fingerprint density at radius 1 is 1.22 bits per heavy atom. The van der Waals surface area contributed by atoms with Crippen molar-refractivity contribution in [2.75, 3.05) is 6.54 Å². The van der Waals surface area contributed by atoms with Crippen LogP contribution in [0.4, 0.5) is 4.79 Å². The number of halogens is 1. The summed E-state index contributed by atoms with van der Waals surface area (Å²) in [5.74, 6) is -0.823. The Bertz CT molecular complexity index is 553. The van der Waals surface area contributed by atoms with Crippen molar-refractivity contribution >= 4 is 23.7 Å². The molecule has 1 aromatic rings. The number of benzene rings is 1. The second kappa shape index (κ2) is 7.55. The second-order valence-electron chi connectivity index (χ2n) is 6.06. The van der Waals surface area contributed by atoms with Gasteiger partial charge in [-0.2, -0.15) is 0 Å². The van der Waals surface area contributed by atoms with E-state index in [0.717, 1.165) is 0 Å². The van der Waals surface area contributed by atoms with E-state index in [-0.39, 0.29) is 13.0 Å². The van der Waals surface area contributed by atoms with Crippen molar-refractivity contribution in [2.24, 2.45) is 0 Å². The maximum absolute atomic E-state index is 11.7. The Labute approximate surface area is 140 Å². The Morgan fingerprint density at radius 3 is 2.22 bits per heavy atom. The van der Waals surface area contributed by atoms with Crippen LogP contribution in [-0.2, 0) is 9.53 Å². The minimum absolute atomic E-state index is 0.154. The van der Waals surface area contributed by atoms with E-state index in [1.165, 1.54) is 0 Å². The molecule has 1 rings (SSSR count). The highest BCUT2D eigenvalue weighted by atomic mass is 35.5. The van der Waals surface area contributed by atoms with E-state index in [9.17, 15) is 14.7 Å². The molecular weight excluding hydrogens is 322 g/mol. The summed E-state index contributed by atoms with van der Waals surface area (Å²) in [5, 5.41) is 12.5. The van der Waals surface area contributed by atoms with Gasteiger partial charge >= 0.3 is 12.1 Å². The van der Waals surface area contributed by atoms with Gasteiger partial charge in [-0.15, -0.1) is 0 Å². The molecular formula is C16H22ClNO5. The zero-order chi connectivity index (χ0) is 17.7. The summed E-state index contributed by atoms with van der Waals surface area (Å²) in [6.07, 6.45) is -0.544. The summed E-state index contributed by atoms with van der Waals surface area (Å²) in [5.41, 5.74) is -2.26. The number of carboxylic acids is 1. The van der Waals surface area contributed by atoms with Crippen LogP contribution in [0.15, 0.2) is 24.3 Å². The molecule has 0 radical (unpaired) electrons. The fourth-order valence-electron chi connectivity index (χ4n) is 1.76. The van der Waals surface area contributed by atoms with Crippen LogP contribution >= 0.6 is 11.6 Å². The fraction of sp³-hybridized carbons (Fsp3) is 0.500. The third kappa shape index (κ3) is 5.98. The Balaban J connectivity index is 2.84. The van der Waals surface area contributed by atoms with Crippen LogP contribution in [0.25, 0.3) is 0 Å². The number of ether oxygens (including phenoxy) is 2. The van der Waals surface area contributed by atoms with Crippen molar-refractivity contribution in [2.45, 2.75) is 45.3 Å². The molecule has 0 spiro atoms. The topological polar surface area (TPSA) is 84.9 Å². The predicted octanol–water partition coefficient (Wildman–Crippen LogP) is 3.48. The van der Waals surface area contributed by atoms with Gasteiger partial charge in [0, 0.05) is 5.02 Å². The largest absolute Gasteiger partial charge is 0.478 e. The summed E-state index contributed by atoms with van der Waals surface area (Å²) < 4.78 is 10.7. The summed E-state index contributed by atoms with van der Waals surface area (Å²) in [7, 11) is 0. The first-order valence-electron chi connectivity index (χ1n) is 7.23. The van der Waals surface area contributed by atoms with Crippen molar-refractivity contribution in [3.63, 3.8) is 0 Å². The molecule has 0 saturated carbocycles. The smallest absolute Gasteiger partial charge is 0.407 e. The van der Waals surface area contributed by atoms with Crippen molar-refractivity contribution in [1.82, 2.24) is 5.32 Å². The quantitative estimate of drug-likeness (QED) is 0.826. The predicted molar refractivity (Wildman–Crippen MR) is 87.0 cm³/mol. The molecule has 2 N–H and O–H groups in total. The van der Waals surface area contributed by atoms with Crippen LogP contribution in [0.2, 0.25) is 5.02 Å². The molecule has 0 aliphatic carbocycles. The second-order valence-corrected chi connectivity index (χ2v) is 6.50. The SMILES string of the molecule is CCC(CNC(=O)OC(C)(C)C)(Oc1ccc(Cl)cc1)C(=O)O. The molecule has 23 heavy (non-hydrogen) atoms. The minimum Gasteiger partial charge on any atom is -0.478 e. The van der Waals surface area contributed by atoms with Crippen LogP contribution in [0.3, 0.4) is 0 Å². The molecule has 0 saturated heterocycles.